The van der Waals surface area contributed by atoms with Gasteiger partial charge in [0.25, 0.3) is 5.56 Å². The van der Waals surface area contributed by atoms with Gasteiger partial charge in [-0.1, -0.05) is 24.3 Å². The molecule has 8 nitrogen and oxygen atoms in total. The number of methoxy groups -OCH3 is 1. The van der Waals surface area contributed by atoms with Crippen LogP contribution in [-0.4, -0.2) is 68.5 Å². The third-order valence-corrected chi connectivity index (χ3v) is 6.48. The maximum Gasteiger partial charge on any atom is 0.279 e. The van der Waals surface area contributed by atoms with Crippen LogP contribution in [0.1, 0.15) is 11.1 Å². The molecule has 5 rings (SSSR count). The summed E-state index contributed by atoms with van der Waals surface area (Å²) >= 11 is 0. The van der Waals surface area contributed by atoms with Crippen LogP contribution >= 0.6 is 0 Å². The molecule has 3 aromatic carbocycles. The Bertz CT molecular complexity index is 1520. The van der Waals surface area contributed by atoms with Crippen LogP contribution in [0.2, 0.25) is 0 Å². The molecular formula is C29H31N5O3. The highest BCUT2D eigenvalue weighted by molar-refractivity contribution is 5.95. The molecule has 1 aliphatic heterocycles. The number of nitrogens with zero attached hydrogens (tertiary/aromatic N) is 5. The Morgan fingerprint density at radius 2 is 1.78 bits per heavy atom. The van der Waals surface area contributed by atoms with Gasteiger partial charge in [0, 0.05) is 43.8 Å². The molecule has 1 aromatic heterocycles. The normalized spacial score (nSPS) is 13.9. The number of benzene rings is 3. The number of hydrogen-bond donors (Lipinski definition) is 0. The molecule has 0 radical (unpaired) electrons. The topological polar surface area (TPSA) is 72.2 Å². The number of hydrazone groups is 1. The second-order valence-electron chi connectivity index (χ2n) is 9.27. The monoisotopic (exact) mass is 497 g/mol. The molecule has 2 heterocycles. The van der Waals surface area contributed by atoms with Gasteiger partial charge in [-0.25, -0.2) is 0 Å². The molecule has 37 heavy (non-hydrogen) atoms. The van der Waals surface area contributed by atoms with E-state index < -0.39 is 0 Å². The van der Waals surface area contributed by atoms with Crippen LogP contribution in [-0.2, 0) is 4.74 Å². The number of aryl methyl sites for hydroxylation is 1. The zero-order valence-corrected chi connectivity index (χ0v) is 21.6. The van der Waals surface area contributed by atoms with Gasteiger partial charge in [0.1, 0.15) is 5.75 Å². The number of anilines is 1. The molecule has 1 fully saturated rings. The minimum atomic E-state index is -0.154. The largest absolute Gasteiger partial charge is 0.497 e. The first-order valence-electron chi connectivity index (χ1n) is 12.3. The minimum absolute atomic E-state index is 0.154. The van der Waals surface area contributed by atoms with E-state index >= 15 is 0 Å². The second kappa shape index (κ2) is 10.4. The summed E-state index contributed by atoms with van der Waals surface area (Å²) < 4.78 is 12.6. The first-order chi connectivity index (χ1) is 17.9. The van der Waals surface area contributed by atoms with Crippen molar-refractivity contribution in [2.75, 3.05) is 52.4 Å². The zero-order valence-electron chi connectivity index (χ0n) is 21.6. The van der Waals surface area contributed by atoms with E-state index in [9.17, 15) is 4.79 Å². The molecule has 0 amide bonds. The summed E-state index contributed by atoms with van der Waals surface area (Å²) in [6, 6.07) is 19.7. The Hall–Kier alpha value is -4.17. The van der Waals surface area contributed by atoms with Crippen molar-refractivity contribution < 1.29 is 9.47 Å². The smallest absolute Gasteiger partial charge is 0.279 e. The van der Waals surface area contributed by atoms with Gasteiger partial charge < -0.3 is 19.4 Å². The van der Waals surface area contributed by atoms with Crippen LogP contribution in [0.25, 0.3) is 27.7 Å². The molecule has 0 unspecified atom stereocenters. The first kappa shape index (κ1) is 24.5. The summed E-state index contributed by atoms with van der Waals surface area (Å²) in [5.41, 5.74) is 5.04. The van der Waals surface area contributed by atoms with Crippen molar-refractivity contribution in [2.45, 2.75) is 6.92 Å². The average molecular weight is 498 g/mol. The zero-order chi connectivity index (χ0) is 25.9. The lowest BCUT2D eigenvalue weighted by atomic mass is 10.0. The molecule has 1 saturated heterocycles. The summed E-state index contributed by atoms with van der Waals surface area (Å²) in [4.78, 5) is 16.0. The quantitative estimate of drug-likeness (QED) is 0.295. The van der Waals surface area contributed by atoms with E-state index in [0.29, 0.717) is 30.0 Å². The number of rotatable bonds is 6. The fourth-order valence-electron chi connectivity index (χ4n) is 4.54. The van der Waals surface area contributed by atoms with Gasteiger partial charge in [-0.15, -0.1) is 0 Å². The molecule has 0 atom stereocenters. The number of hydrogen-bond acceptors (Lipinski definition) is 7. The fourth-order valence-corrected chi connectivity index (χ4v) is 4.54. The summed E-state index contributed by atoms with van der Waals surface area (Å²) in [6.45, 7) is 5.01. The second-order valence-corrected chi connectivity index (χ2v) is 9.27. The van der Waals surface area contributed by atoms with E-state index in [2.05, 4.69) is 16.1 Å². The lowest BCUT2D eigenvalue weighted by Gasteiger charge is -2.29. The van der Waals surface area contributed by atoms with Gasteiger partial charge in [0.05, 0.1) is 43.3 Å². The number of ether oxygens (including phenoxy) is 2. The average Bonchev–Trinajstić information content (AvgIpc) is 2.93. The SMILES string of the molecule is COc1cc(/C=N/N(C)C)cc(-c2nn(-c3cc(N4CCOCC4)ccc3C)c(=O)c3ccccc23)c1. The van der Waals surface area contributed by atoms with E-state index in [4.69, 9.17) is 14.6 Å². The maximum absolute atomic E-state index is 13.7. The number of aromatic nitrogens is 2. The van der Waals surface area contributed by atoms with E-state index in [1.807, 2.05) is 75.6 Å². The summed E-state index contributed by atoms with van der Waals surface area (Å²) in [7, 11) is 5.38. The van der Waals surface area contributed by atoms with Gasteiger partial charge in [0.15, 0.2) is 0 Å². The van der Waals surface area contributed by atoms with Gasteiger partial charge in [0.2, 0.25) is 0 Å². The van der Waals surface area contributed by atoms with Gasteiger partial charge in [-0.3, -0.25) is 4.79 Å². The van der Waals surface area contributed by atoms with Gasteiger partial charge >= 0.3 is 0 Å². The van der Waals surface area contributed by atoms with Crippen LogP contribution < -0.4 is 15.2 Å². The van der Waals surface area contributed by atoms with Gasteiger partial charge in [-0.05, 0) is 54.4 Å². The van der Waals surface area contributed by atoms with Crippen molar-refractivity contribution >= 4 is 22.7 Å². The highest BCUT2D eigenvalue weighted by Crippen LogP contribution is 2.30. The van der Waals surface area contributed by atoms with Crippen LogP contribution in [0.5, 0.6) is 5.75 Å². The molecule has 0 saturated carbocycles. The van der Waals surface area contributed by atoms with E-state index in [1.54, 1.807) is 18.3 Å². The predicted octanol–water partition coefficient (Wildman–Crippen LogP) is 4.10. The molecule has 0 N–H and O–H groups in total. The van der Waals surface area contributed by atoms with Crippen LogP contribution in [0.15, 0.2) is 70.6 Å². The molecule has 4 aromatic rings. The Balaban J connectivity index is 1.72. The van der Waals surface area contributed by atoms with Crippen LogP contribution in [0.3, 0.4) is 0 Å². The van der Waals surface area contributed by atoms with E-state index in [-0.39, 0.29) is 5.56 Å². The third-order valence-electron chi connectivity index (χ3n) is 6.48. The highest BCUT2D eigenvalue weighted by Gasteiger charge is 2.18. The standard InChI is InChI=1S/C29H31N5O3/c1-20-9-10-23(33-11-13-37-14-12-33)18-27(20)34-29(35)26-8-6-5-7-25(26)28(31-34)22-15-21(19-30-32(2)3)16-24(17-22)36-4/h5-10,15-19H,11-14H2,1-4H3/b30-19+. The van der Waals surface area contributed by atoms with E-state index in [1.165, 1.54) is 4.68 Å². The van der Waals surface area contributed by atoms with Gasteiger partial charge in [-0.2, -0.15) is 14.9 Å². The Labute approximate surface area is 216 Å². The Kier molecular flexibility index (Phi) is 6.92. The molecule has 8 heteroatoms. The highest BCUT2D eigenvalue weighted by atomic mass is 16.5. The first-order valence-corrected chi connectivity index (χ1v) is 12.3. The fraction of sp³-hybridized carbons (Fsp3) is 0.276. The molecular weight excluding hydrogens is 466 g/mol. The summed E-state index contributed by atoms with van der Waals surface area (Å²) in [5.74, 6) is 0.687. The van der Waals surface area contributed by atoms with Crippen molar-refractivity contribution in [1.29, 1.82) is 0 Å². The van der Waals surface area contributed by atoms with Crippen molar-refractivity contribution in [3.63, 3.8) is 0 Å². The molecule has 190 valence electrons. The molecule has 0 bridgehead atoms. The molecule has 0 aliphatic carbocycles. The summed E-state index contributed by atoms with van der Waals surface area (Å²) in [6.07, 6.45) is 1.78. The lowest BCUT2D eigenvalue weighted by molar-refractivity contribution is 0.122. The Morgan fingerprint density at radius 1 is 1.03 bits per heavy atom. The number of morpholine rings is 1. The van der Waals surface area contributed by atoms with Crippen molar-refractivity contribution in [2.24, 2.45) is 5.10 Å². The number of fused-ring (bicyclic) bond motifs is 1. The lowest BCUT2D eigenvalue weighted by Crippen LogP contribution is -2.36. The third kappa shape index (κ3) is 5.06. The molecule has 1 aliphatic rings. The predicted molar refractivity (Wildman–Crippen MR) is 148 cm³/mol. The van der Waals surface area contributed by atoms with Crippen LogP contribution in [0, 0.1) is 6.92 Å². The van der Waals surface area contributed by atoms with Crippen molar-refractivity contribution in [1.82, 2.24) is 14.8 Å². The minimum Gasteiger partial charge on any atom is -0.497 e. The van der Waals surface area contributed by atoms with Crippen molar-refractivity contribution in [3.05, 3.63) is 82.1 Å². The maximum atomic E-state index is 13.7. The van der Waals surface area contributed by atoms with Crippen molar-refractivity contribution in [3.8, 4) is 22.7 Å². The molecule has 0 spiro atoms. The van der Waals surface area contributed by atoms with E-state index in [0.717, 1.165) is 46.5 Å². The Morgan fingerprint density at radius 3 is 2.51 bits per heavy atom. The van der Waals surface area contributed by atoms with Crippen LogP contribution in [0.4, 0.5) is 5.69 Å². The summed E-state index contributed by atoms with van der Waals surface area (Å²) in [5, 5.41) is 12.5.